The molecule has 0 aromatic heterocycles. The van der Waals surface area contributed by atoms with Gasteiger partial charge in [0.2, 0.25) is 0 Å². The van der Waals surface area contributed by atoms with Gasteiger partial charge in [-0.05, 0) is 32.9 Å². The van der Waals surface area contributed by atoms with Crippen LogP contribution in [0.2, 0.25) is 0 Å². The molecular weight excluding hydrogens is 210 g/mol. The van der Waals surface area contributed by atoms with Gasteiger partial charge < -0.3 is 9.47 Å². The van der Waals surface area contributed by atoms with Crippen LogP contribution in [0.1, 0.15) is 20.8 Å². The molecule has 1 atom stereocenters. The number of nitrogens with zero attached hydrogens (tertiary/aromatic N) is 1. The summed E-state index contributed by atoms with van der Waals surface area (Å²) < 4.78 is 10.8. The Bertz CT molecular complexity index is 348. The predicted octanol–water partition coefficient (Wildman–Crippen LogP) is 2.74. The van der Waals surface area contributed by atoms with Crippen molar-refractivity contribution in [2.45, 2.75) is 33.2 Å². The molecule has 0 bridgehead atoms. The Morgan fingerprint density at radius 2 is 1.75 bits per heavy atom. The van der Waals surface area contributed by atoms with Gasteiger partial charge in [0.15, 0.2) is 6.29 Å². The largest absolute Gasteiger partial charge is 0.465 e. The Morgan fingerprint density at radius 3 is 2.19 bits per heavy atom. The summed E-state index contributed by atoms with van der Waals surface area (Å²) in [6.07, 6.45) is -0.297. The molecule has 0 saturated carbocycles. The van der Waals surface area contributed by atoms with Gasteiger partial charge in [0.25, 0.3) is 5.69 Å². The third kappa shape index (κ3) is 3.86. The van der Waals surface area contributed by atoms with E-state index in [0.717, 1.165) is 0 Å². The number of hydrogen-bond donors (Lipinski definition) is 0. The molecule has 0 heterocycles. The fourth-order valence-corrected chi connectivity index (χ4v) is 1.25. The fraction of sp³-hybridized carbons (Fsp3) is 0.455. The topological polar surface area (TPSA) is 61.6 Å². The zero-order valence-corrected chi connectivity index (χ0v) is 9.54. The van der Waals surface area contributed by atoms with Crippen molar-refractivity contribution in [2.75, 3.05) is 0 Å². The van der Waals surface area contributed by atoms with Gasteiger partial charge in [-0.15, -0.1) is 0 Å². The minimum Gasteiger partial charge on any atom is -0.465 e. The van der Waals surface area contributed by atoms with Crippen LogP contribution in [0.3, 0.4) is 0 Å². The SMILES string of the molecule is CC(C)OC(C)Oc1ccc([N+](=O)[O-])cc1. The van der Waals surface area contributed by atoms with E-state index in [4.69, 9.17) is 9.47 Å². The number of benzene rings is 1. The molecule has 0 aliphatic heterocycles. The first-order chi connectivity index (χ1) is 7.49. The molecule has 0 N–H and O–H groups in total. The van der Waals surface area contributed by atoms with Crippen LogP contribution >= 0.6 is 0 Å². The summed E-state index contributed by atoms with van der Waals surface area (Å²) in [6, 6.07) is 5.91. The van der Waals surface area contributed by atoms with Gasteiger partial charge in [-0.1, -0.05) is 0 Å². The molecule has 5 heteroatoms. The molecule has 0 fully saturated rings. The molecule has 1 unspecified atom stereocenters. The molecule has 1 rings (SSSR count). The van der Waals surface area contributed by atoms with Gasteiger partial charge in [-0.25, -0.2) is 0 Å². The summed E-state index contributed by atoms with van der Waals surface area (Å²) >= 11 is 0. The number of nitro groups is 1. The number of rotatable bonds is 5. The van der Waals surface area contributed by atoms with Crippen molar-refractivity contribution in [2.24, 2.45) is 0 Å². The second-order valence-electron chi connectivity index (χ2n) is 3.62. The number of nitro benzene ring substituents is 1. The third-order valence-electron chi connectivity index (χ3n) is 1.81. The van der Waals surface area contributed by atoms with Crippen molar-refractivity contribution < 1.29 is 14.4 Å². The second-order valence-corrected chi connectivity index (χ2v) is 3.62. The fourth-order valence-electron chi connectivity index (χ4n) is 1.25. The van der Waals surface area contributed by atoms with Crippen LogP contribution in [0.15, 0.2) is 24.3 Å². The summed E-state index contributed by atoms with van der Waals surface area (Å²) in [6.45, 7) is 5.60. The molecule has 0 radical (unpaired) electrons. The highest BCUT2D eigenvalue weighted by atomic mass is 16.7. The van der Waals surface area contributed by atoms with Crippen LogP contribution in [0.4, 0.5) is 5.69 Å². The van der Waals surface area contributed by atoms with Crippen LogP contribution in [0.5, 0.6) is 5.75 Å². The average Bonchev–Trinajstić information content (AvgIpc) is 2.16. The summed E-state index contributed by atoms with van der Waals surface area (Å²) in [7, 11) is 0. The van der Waals surface area contributed by atoms with Gasteiger partial charge in [-0.3, -0.25) is 10.1 Å². The lowest BCUT2D eigenvalue weighted by atomic mass is 10.3. The number of hydrogen-bond acceptors (Lipinski definition) is 4. The Morgan fingerprint density at radius 1 is 1.19 bits per heavy atom. The number of non-ortho nitro benzene ring substituents is 1. The van der Waals surface area contributed by atoms with Gasteiger partial charge in [0.1, 0.15) is 5.75 Å². The van der Waals surface area contributed by atoms with E-state index >= 15 is 0 Å². The minimum atomic E-state index is -0.447. The van der Waals surface area contributed by atoms with E-state index in [1.54, 1.807) is 19.1 Å². The van der Waals surface area contributed by atoms with Gasteiger partial charge in [-0.2, -0.15) is 0 Å². The van der Waals surface area contributed by atoms with Gasteiger partial charge in [0, 0.05) is 12.1 Å². The molecule has 0 aliphatic rings. The monoisotopic (exact) mass is 225 g/mol. The van der Waals surface area contributed by atoms with Crippen LogP contribution in [0, 0.1) is 10.1 Å². The highest BCUT2D eigenvalue weighted by Crippen LogP contribution is 2.18. The van der Waals surface area contributed by atoms with Crippen molar-refractivity contribution >= 4 is 5.69 Å². The normalized spacial score (nSPS) is 12.5. The lowest BCUT2D eigenvalue weighted by Gasteiger charge is -2.17. The standard InChI is InChI=1S/C11H15NO4/c1-8(2)15-9(3)16-11-6-4-10(5-7-11)12(13)14/h4-9H,1-3H3. The van der Waals surface area contributed by atoms with Crippen molar-refractivity contribution in [1.82, 2.24) is 0 Å². The molecule has 0 saturated heterocycles. The lowest BCUT2D eigenvalue weighted by Crippen LogP contribution is -2.20. The zero-order chi connectivity index (χ0) is 12.1. The summed E-state index contributed by atoms with van der Waals surface area (Å²) in [5.41, 5.74) is 0.0461. The smallest absolute Gasteiger partial charge is 0.269 e. The highest BCUT2D eigenvalue weighted by Gasteiger charge is 2.08. The Hall–Kier alpha value is -1.62. The molecule has 1 aromatic carbocycles. The molecular formula is C11H15NO4. The van der Waals surface area contributed by atoms with Crippen LogP contribution in [0.25, 0.3) is 0 Å². The summed E-state index contributed by atoms with van der Waals surface area (Å²) in [5.74, 6) is 0.554. The first-order valence-corrected chi connectivity index (χ1v) is 5.05. The maximum Gasteiger partial charge on any atom is 0.269 e. The number of ether oxygens (including phenoxy) is 2. The van der Waals surface area contributed by atoms with E-state index in [-0.39, 0.29) is 18.1 Å². The van der Waals surface area contributed by atoms with E-state index in [2.05, 4.69) is 0 Å². The Kier molecular flexibility index (Phi) is 4.25. The molecule has 0 spiro atoms. The lowest BCUT2D eigenvalue weighted by molar-refractivity contribution is -0.384. The second kappa shape index (κ2) is 5.46. The van der Waals surface area contributed by atoms with Crippen molar-refractivity contribution in [3.05, 3.63) is 34.4 Å². The van der Waals surface area contributed by atoms with E-state index in [0.29, 0.717) is 5.75 Å². The molecule has 0 aliphatic carbocycles. The molecule has 5 nitrogen and oxygen atoms in total. The van der Waals surface area contributed by atoms with Gasteiger partial charge >= 0.3 is 0 Å². The quantitative estimate of drug-likeness (QED) is 0.439. The van der Waals surface area contributed by atoms with Gasteiger partial charge in [0.05, 0.1) is 11.0 Å². The van der Waals surface area contributed by atoms with E-state index < -0.39 is 4.92 Å². The first-order valence-electron chi connectivity index (χ1n) is 5.05. The zero-order valence-electron chi connectivity index (χ0n) is 9.54. The van der Waals surface area contributed by atoms with Crippen molar-refractivity contribution in [3.8, 4) is 5.75 Å². The summed E-state index contributed by atoms with van der Waals surface area (Å²) in [4.78, 5) is 9.97. The first kappa shape index (κ1) is 12.4. The summed E-state index contributed by atoms with van der Waals surface area (Å²) in [5, 5.41) is 10.4. The molecule has 16 heavy (non-hydrogen) atoms. The third-order valence-corrected chi connectivity index (χ3v) is 1.81. The van der Waals surface area contributed by atoms with E-state index in [1.807, 2.05) is 13.8 Å². The van der Waals surface area contributed by atoms with Crippen molar-refractivity contribution in [3.63, 3.8) is 0 Å². The predicted molar refractivity (Wildman–Crippen MR) is 59.4 cm³/mol. The maximum absolute atomic E-state index is 10.4. The Balaban J connectivity index is 2.58. The molecule has 0 amide bonds. The van der Waals surface area contributed by atoms with Crippen LogP contribution in [-0.4, -0.2) is 17.3 Å². The van der Waals surface area contributed by atoms with Crippen LogP contribution < -0.4 is 4.74 Å². The molecule has 1 aromatic rings. The minimum absolute atomic E-state index is 0.0461. The Labute approximate surface area is 94.1 Å². The highest BCUT2D eigenvalue weighted by molar-refractivity contribution is 5.35. The van der Waals surface area contributed by atoms with Crippen LogP contribution in [-0.2, 0) is 4.74 Å². The average molecular weight is 225 g/mol. The van der Waals surface area contributed by atoms with Crippen molar-refractivity contribution in [1.29, 1.82) is 0 Å². The maximum atomic E-state index is 10.4. The van der Waals surface area contributed by atoms with E-state index in [1.165, 1.54) is 12.1 Å². The van der Waals surface area contributed by atoms with E-state index in [9.17, 15) is 10.1 Å². The molecule has 88 valence electrons.